The number of carbonyl (C=O) groups excluding carboxylic acids is 1. The topological polar surface area (TPSA) is 88.4 Å². The zero-order chi connectivity index (χ0) is 19.8. The summed E-state index contributed by atoms with van der Waals surface area (Å²) >= 11 is 6.00. The maximum atomic E-state index is 12.5. The molecule has 0 aliphatic rings. The fraction of sp³-hybridized carbons (Fsp3) is 0.211. The summed E-state index contributed by atoms with van der Waals surface area (Å²) in [7, 11) is -3.58. The molecule has 27 heavy (non-hydrogen) atoms. The molecule has 0 saturated heterocycles. The SMILES string of the molecule is Cc1c(C(=O)Nc2ccc(S(=O)(=O)NC(C)C)cc2)oc2ccc(Cl)cc12. The first-order valence-corrected chi connectivity index (χ1v) is 10.2. The van der Waals surface area contributed by atoms with E-state index in [2.05, 4.69) is 10.0 Å². The van der Waals surface area contributed by atoms with Gasteiger partial charge in [-0.15, -0.1) is 0 Å². The smallest absolute Gasteiger partial charge is 0.291 e. The fourth-order valence-electron chi connectivity index (χ4n) is 2.69. The highest BCUT2D eigenvalue weighted by Crippen LogP contribution is 2.28. The number of amides is 1. The average Bonchev–Trinajstić information content (AvgIpc) is 2.91. The van der Waals surface area contributed by atoms with Crippen LogP contribution in [0.1, 0.15) is 30.0 Å². The van der Waals surface area contributed by atoms with Crippen LogP contribution in [-0.2, 0) is 10.0 Å². The highest BCUT2D eigenvalue weighted by molar-refractivity contribution is 7.89. The van der Waals surface area contributed by atoms with Gasteiger partial charge in [-0.05, 0) is 63.2 Å². The Kier molecular flexibility index (Phi) is 5.28. The van der Waals surface area contributed by atoms with E-state index in [0.717, 1.165) is 5.39 Å². The predicted molar refractivity (Wildman–Crippen MR) is 106 cm³/mol. The molecule has 3 aromatic rings. The molecule has 3 rings (SSSR count). The minimum Gasteiger partial charge on any atom is -0.451 e. The van der Waals surface area contributed by atoms with Crippen LogP contribution in [0.5, 0.6) is 0 Å². The Labute approximate surface area is 162 Å². The summed E-state index contributed by atoms with van der Waals surface area (Å²) in [4.78, 5) is 12.7. The van der Waals surface area contributed by atoms with Gasteiger partial charge in [-0.1, -0.05) is 11.6 Å². The van der Waals surface area contributed by atoms with E-state index in [1.807, 2.05) is 0 Å². The second-order valence-electron chi connectivity index (χ2n) is 6.45. The Balaban J connectivity index is 1.82. The lowest BCUT2D eigenvalue weighted by Gasteiger charge is -2.10. The van der Waals surface area contributed by atoms with Gasteiger partial charge in [-0.3, -0.25) is 4.79 Å². The van der Waals surface area contributed by atoms with Gasteiger partial charge in [-0.2, -0.15) is 0 Å². The molecule has 0 fully saturated rings. The number of rotatable bonds is 5. The van der Waals surface area contributed by atoms with Crippen LogP contribution >= 0.6 is 11.6 Å². The molecule has 0 bridgehead atoms. The molecule has 0 atom stereocenters. The molecule has 2 aromatic carbocycles. The fourth-order valence-corrected chi connectivity index (χ4v) is 4.12. The maximum Gasteiger partial charge on any atom is 0.291 e. The van der Waals surface area contributed by atoms with E-state index in [1.165, 1.54) is 24.3 Å². The number of nitrogens with one attached hydrogen (secondary N) is 2. The molecule has 1 heterocycles. The number of hydrogen-bond acceptors (Lipinski definition) is 4. The lowest BCUT2D eigenvalue weighted by Crippen LogP contribution is -2.30. The van der Waals surface area contributed by atoms with Crippen LogP contribution in [0.3, 0.4) is 0 Å². The molecule has 0 spiro atoms. The van der Waals surface area contributed by atoms with Crippen molar-refractivity contribution in [2.45, 2.75) is 31.7 Å². The van der Waals surface area contributed by atoms with E-state index in [0.29, 0.717) is 21.9 Å². The summed E-state index contributed by atoms with van der Waals surface area (Å²) < 4.78 is 32.4. The first kappa shape index (κ1) is 19.4. The van der Waals surface area contributed by atoms with Gasteiger partial charge in [0.2, 0.25) is 10.0 Å². The first-order valence-electron chi connectivity index (χ1n) is 8.30. The Morgan fingerprint density at radius 2 is 1.78 bits per heavy atom. The molecule has 1 aromatic heterocycles. The zero-order valence-corrected chi connectivity index (χ0v) is 16.6. The standard InChI is InChI=1S/C19H19ClN2O4S/c1-11(2)22-27(24,25)15-7-5-14(6-8-15)21-19(23)18-12(3)16-10-13(20)4-9-17(16)26-18/h4-11,22H,1-3H3,(H,21,23). The molecule has 2 N–H and O–H groups in total. The van der Waals surface area contributed by atoms with Gasteiger partial charge >= 0.3 is 0 Å². The second-order valence-corrected chi connectivity index (χ2v) is 8.60. The van der Waals surface area contributed by atoms with Crippen molar-refractivity contribution in [3.8, 4) is 0 Å². The molecule has 0 aliphatic carbocycles. The van der Waals surface area contributed by atoms with Crippen LogP contribution in [0, 0.1) is 6.92 Å². The van der Waals surface area contributed by atoms with E-state index in [1.54, 1.807) is 39.0 Å². The summed E-state index contributed by atoms with van der Waals surface area (Å²) in [5, 5.41) is 4.05. The molecular weight excluding hydrogens is 388 g/mol. The molecule has 6 nitrogen and oxygen atoms in total. The lowest BCUT2D eigenvalue weighted by molar-refractivity contribution is 0.0998. The van der Waals surface area contributed by atoms with Crippen molar-refractivity contribution in [3.05, 3.63) is 58.8 Å². The Hall–Kier alpha value is -2.35. The minimum atomic E-state index is -3.58. The van der Waals surface area contributed by atoms with Gasteiger partial charge in [0, 0.05) is 27.7 Å². The van der Waals surface area contributed by atoms with E-state index in [9.17, 15) is 13.2 Å². The summed E-state index contributed by atoms with van der Waals surface area (Å²) in [6.45, 7) is 5.27. The summed E-state index contributed by atoms with van der Waals surface area (Å²) in [5.74, 6) is -0.235. The quantitative estimate of drug-likeness (QED) is 0.659. The zero-order valence-electron chi connectivity index (χ0n) is 15.0. The molecular formula is C19H19ClN2O4S. The number of carbonyl (C=O) groups is 1. The summed E-state index contributed by atoms with van der Waals surface area (Å²) in [6, 6.07) is 10.9. The summed E-state index contributed by atoms with van der Waals surface area (Å²) in [6.07, 6.45) is 0. The van der Waals surface area contributed by atoms with Crippen LogP contribution < -0.4 is 10.0 Å². The first-order chi connectivity index (χ1) is 12.7. The van der Waals surface area contributed by atoms with E-state index in [-0.39, 0.29) is 16.7 Å². The average molecular weight is 407 g/mol. The molecule has 1 amide bonds. The number of aryl methyl sites for hydroxylation is 1. The molecule has 8 heteroatoms. The third-order valence-electron chi connectivity index (χ3n) is 3.92. The number of sulfonamides is 1. The maximum absolute atomic E-state index is 12.5. The van der Waals surface area contributed by atoms with Crippen LogP contribution in [0.15, 0.2) is 51.8 Å². The molecule has 0 unspecified atom stereocenters. The molecule has 0 saturated carbocycles. The van der Waals surface area contributed by atoms with E-state index in [4.69, 9.17) is 16.0 Å². The molecule has 0 aliphatic heterocycles. The minimum absolute atomic E-state index is 0.128. The van der Waals surface area contributed by atoms with E-state index < -0.39 is 15.9 Å². The van der Waals surface area contributed by atoms with Gasteiger partial charge < -0.3 is 9.73 Å². The van der Waals surface area contributed by atoms with Crippen molar-refractivity contribution in [1.82, 2.24) is 4.72 Å². The van der Waals surface area contributed by atoms with E-state index >= 15 is 0 Å². The van der Waals surface area contributed by atoms with Crippen molar-refractivity contribution in [1.29, 1.82) is 0 Å². The second kappa shape index (κ2) is 7.34. The number of fused-ring (bicyclic) bond motifs is 1. The van der Waals surface area contributed by atoms with Gasteiger partial charge in [0.15, 0.2) is 5.76 Å². The molecule has 0 radical (unpaired) electrons. The van der Waals surface area contributed by atoms with Gasteiger partial charge in [0.05, 0.1) is 4.90 Å². The van der Waals surface area contributed by atoms with Gasteiger partial charge in [0.1, 0.15) is 5.58 Å². The van der Waals surface area contributed by atoms with Crippen LogP contribution in [0.2, 0.25) is 5.02 Å². The summed E-state index contributed by atoms with van der Waals surface area (Å²) in [5.41, 5.74) is 1.72. The Bertz CT molecular complexity index is 1100. The number of hydrogen-bond donors (Lipinski definition) is 2. The van der Waals surface area contributed by atoms with Crippen molar-refractivity contribution in [3.63, 3.8) is 0 Å². The van der Waals surface area contributed by atoms with Crippen molar-refractivity contribution in [2.24, 2.45) is 0 Å². The van der Waals surface area contributed by atoms with Gasteiger partial charge in [-0.25, -0.2) is 13.1 Å². The van der Waals surface area contributed by atoms with Crippen molar-refractivity contribution in [2.75, 3.05) is 5.32 Å². The third kappa shape index (κ3) is 4.16. The molecule has 142 valence electrons. The van der Waals surface area contributed by atoms with Crippen LogP contribution in [-0.4, -0.2) is 20.4 Å². The largest absolute Gasteiger partial charge is 0.451 e. The van der Waals surface area contributed by atoms with Crippen LogP contribution in [0.4, 0.5) is 5.69 Å². The number of halogens is 1. The normalized spacial score (nSPS) is 11.9. The number of benzene rings is 2. The van der Waals surface area contributed by atoms with Gasteiger partial charge in [0.25, 0.3) is 5.91 Å². The van der Waals surface area contributed by atoms with Crippen molar-refractivity contribution >= 4 is 44.2 Å². The third-order valence-corrected chi connectivity index (χ3v) is 5.83. The highest BCUT2D eigenvalue weighted by atomic mass is 35.5. The number of furan rings is 1. The highest BCUT2D eigenvalue weighted by Gasteiger charge is 2.19. The number of anilines is 1. The monoisotopic (exact) mass is 406 g/mol. The van der Waals surface area contributed by atoms with Crippen molar-refractivity contribution < 1.29 is 17.6 Å². The lowest BCUT2D eigenvalue weighted by atomic mass is 10.1. The van der Waals surface area contributed by atoms with Crippen LogP contribution in [0.25, 0.3) is 11.0 Å². The predicted octanol–water partition coefficient (Wildman–Crippen LogP) is 4.33. The Morgan fingerprint density at radius 1 is 1.11 bits per heavy atom. The Morgan fingerprint density at radius 3 is 2.41 bits per heavy atom.